The first-order valence-electron chi connectivity index (χ1n) is 9.35. The average Bonchev–Trinajstić information content (AvgIpc) is 3.26. The van der Waals surface area contributed by atoms with Gasteiger partial charge in [0.1, 0.15) is 12.0 Å². The molecular formula is C19H26N4O4S2. The predicted molar refractivity (Wildman–Crippen MR) is 113 cm³/mol. The first kappa shape index (κ1) is 21.8. The number of aldehydes is 1. The molecular weight excluding hydrogens is 412 g/mol. The fraction of sp³-hybridized carbons (Fsp3) is 0.526. The SMILES string of the molecule is COc1ccc(CS[C@@H]2C[C@@H](Cn3nnc(CC=O)c3C)N(S(C)(=O)=O)C2)cc1. The second-order valence-corrected chi connectivity index (χ2v) is 10.4. The molecule has 1 aromatic heterocycles. The summed E-state index contributed by atoms with van der Waals surface area (Å²) in [5.74, 6) is 1.63. The number of ether oxygens (including phenoxy) is 1. The van der Waals surface area contributed by atoms with Crippen molar-refractivity contribution in [2.24, 2.45) is 0 Å². The maximum Gasteiger partial charge on any atom is 0.211 e. The Bertz CT molecular complexity index is 944. The van der Waals surface area contributed by atoms with Crippen molar-refractivity contribution in [3.05, 3.63) is 41.2 Å². The molecule has 8 nitrogen and oxygen atoms in total. The smallest absolute Gasteiger partial charge is 0.211 e. The lowest BCUT2D eigenvalue weighted by Crippen LogP contribution is -2.37. The molecule has 2 heterocycles. The number of sulfonamides is 1. The monoisotopic (exact) mass is 438 g/mol. The van der Waals surface area contributed by atoms with Crippen LogP contribution in [0.1, 0.15) is 23.4 Å². The third kappa shape index (κ3) is 5.37. The molecule has 0 unspecified atom stereocenters. The van der Waals surface area contributed by atoms with Crippen LogP contribution in [0.4, 0.5) is 0 Å². The number of carbonyl (C=O) groups is 1. The minimum absolute atomic E-state index is 0.178. The molecule has 0 bridgehead atoms. The van der Waals surface area contributed by atoms with Crippen LogP contribution in [0.25, 0.3) is 0 Å². The maximum atomic E-state index is 12.3. The summed E-state index contributed by atoms with van der Waals surface area (Å²) in [4.78, 5) is 10.8. The highest BCUT2D eigenvalue weighted by molar-refractivity contribution is 7.99. The van der Waals surface area contributed by atoms with Crippen molar-refractivity contribution in [2.45, 2.75) is 43.4 Å². The van der Waals surface area contributed by atoms with Gasteiger partial charge in [0.15, 0.2) is 0 Å². The number of benzene rings is 1. The van der Waals surface area contributed by atoms with Crippen molar-refractivity contribution in [1.29, 1.82) is 0 Å². The van der Waals surface area contributed by atoms with E-state index in [0.717, 1.165) is 29.9 Å². The van der Waals surface area contributed by atoms with Crippen LogP contribution in [0.15, 0.2) is 24.3 Å². The Morgan fingerprint density at radius 2 is 2.03 bits per heavy atom. The predicted octanol–water partition coefficient (Wildman–Crippen LogP) is 1.67. The first-order valence-corrected chi connectivity index (χ1v) is 12.3. The molecule has 1 aliphatic rings. The van der Waals surface area contributed by atoms with E-state index < -0.39 is 10.0 Å². The highest BCUT2D eigenvalue weighted by Crippen LogP contribution is 2.32. The molecule has 0 N–H and O–H groups in total. The second kappa shape index (κ2) is 9.27. The van der Waals surface area contributed by atoms with E-state index in [1.165, 1.54) is 11.8 Å². The van der Waals surface area contributed by atoms with Crippen LogP contribution < -0.4 is 4.74 Å². The Hall–Kier alpha value is -1.91. The van der Waals surface area contributed by atoms with Crippen LogP contribution in [0.3, 0.4) is 0 Å². The molecule has 3 rings (SSSR count). The standard InChI is InChI=1S/C19H26N4O4S2/c1-14-19(8-9-24)20-21-22(14)11-16-10-18(12-23(16)29(3,25)26)28-13-15-4-6-17(27-2)7-5-15/h4-7,9,16,18H,8,10-13H2,1-3H3/t16-,18+/m0/s1. The molecule has 2 atom stereocenters. The molecule has 1 aromatic carbocycles. The van der Waals surface area contributed by atoms with Crippen LogP contribution in [0.2, 0.25) is 0 Å². The number of carbonyl (C=O) groups excluding carboxylic acids is 1. The molecule has 10 heteroatoms. The zero-order valence-corrected chi connectivity index (χ0v) is 18.4. The van der Waals surface area contributed by atoms with Crippen LogP contribution >= 0.6 is 11.8 Å². The van der Waals surface area contributed by atoms with Crippen molar-refractivity contribution in [3.8, 4) is 5.75 Å². The van der Waals surface area contributed by atoms with Crippen LogP contribution in [0.5, 0.6) is 5.75 Å². The van der Waals surface area contributed by atoms with Crippen LogP contribution in [-0.2, 0) is 33.5 Å². The van der Waals surface area contributed by atoms with Gasteiger partial charge in [-0.25, -0.2) is 13.1 Å². The molecule has 0 aliphatic carbocycles. The number of methoxy groups -OCH3 is 1. The van der Waals surface area contributed by atoms with E-state index in [0.29, 0.717) is 18.8 Å². The fourth-order valence-electron chi connectivity index (χ4n) is 3.51. The van der Waals surface area contributed by atoms with Crippen molar-refractivity contribution in [3.63, 3.8) is 0 Å². The quantitative estimate of drug-likeness (QED) is 0.550. The van der Waals surface area contributed by atoms with E-state index >= 15 is 0 Å². The van der Waals surface area contributed by atoms with Crippen molar-refractivity contribution < 1.29 is 17.9 Å². The summed E-state index contributed by atoms with van der Waals surface area (Å²) in [6.07, 6.45) is 3.01. The highest BCUT2D eigenvalue weighted by Gasteiger charge is 2.38. The van der Waals surface area contributed by atoms with E-state index in [-0.39, 0.29) is 17.7 Å². The number of nitrogens with zero attached hydrogens (tertiary/aromatic N) is 4. The number of hydrogen-bond acceptors (Lipinski definition) is 7. The van der Waals surface area contributed by atoms with E-state index in [1.807, 2.05) is 31.2 Å². The Morgan fingerprint density at radius 3 is 2.66 bits per heavy atom. The Kier molecular flexibility index (Phi) is 6.97. The average molecular weight is 439 g/mol. The summed E-state index contributed by atoms with van der Waals surface area (Å²) in [6.45, 7) is 2.78. The van der Waals surface area contributed by atoms with Gasteiger partial charge in [-0.1, -0.05) is 17.3 Å². The molecule has 1 aliphatic heterocycles. The Balaban J connectivity index is 1.67. The van der Waals surface area contributed by atoms with Crippen molar-refractivity contribution in [2.75, 3.05) is 19.9 Å². The molecule has 2 aromatic rings. The molecule has 0 amide bonds. The van der Waals surface area contributed by atoms with Gasteiger partial charge in [0.25, 0.3) is 0 Å². The lowest BCUT2D eigenvalue weighted by atomic mass is 10.2. The summed E-state index contributed by atoms with van der Waals surface area (Å²) >= 11 is 1.76. The molecule has 1 fully saturated rings. The minimum Gasteiger partial charge on any atom is -0.497 e. The topological polar surface area (TPSA) is 94.4 Å². The largest absolute Gasteiger partial charge is 0.497 e. The van der Waals surface area contributed by atoms with Gasteiger partial charge < -0.3 is 9.53 Å². The van der Waals surface area contributed by atoms with Gasteiger partial charge >= 0.3 is 0 Å². The number of aromatic nitrogens is 3. The summed E-state index contributed by atoms with van der Waals surface area (Å²) < 4.78 is 33.1. The molecule has 0 radical (unpaired) electrons. The lowest BCUT2D eigenvalue weighted by molar-refractivity contribution is -0.107. The number of hydrogen-bond donors (Lipinski definition) is 0. The zero-order chi connectivity index (χ0) is 21.0. The summed E-state index contributed by atoms with van der Waals surface area (Å²) in [5, 5.41) is 8.36. The number of thioether (sulfide) groups is 1. The Morgan fingerprint density at radius 1 is 1.31 bits per heavy atom. The Labute approximate surface area is 175 Å². The van der Waals surface area contributed by atoms with Gasteiger partial charge in [0.2, 0.25) is 10.0 Å². The number of rotatable bonds is 9. The van der Waals surface area contributed by atoms with E-state index in [4.69, 9.17) is 4.74 Å². The second-order valence-electron chi connectivity index (χ2n) is 7.18. The van der Waals surface area contributed by atoms with Crippen molar-refractivity contribution in [1.82, 2.24) is 19.3 Å². The zero-order valence-electron chi connectivity index (χ0n) is 16.8. The lowest BCUT2D eigenvalue weighted by Gasteiger charge is -2.22. The summed E-state index contributed by atoms with van der Waals surface area (Å²) in [6, 6.07) is 7.74. The third-order valence-corrected chi connectivity index (χ3v) is 7.75. The molecule has 1 saturated heterocycles. The minimum atomic E-state index is -3.33. The van der Waals surface area contributed by atoms with Gasteiger partial charge in [0, 0.05) is 30.0 Å². The maximum absolute atomic E-state index is 12.3. The normalized spacial score (nSPS) is 20.1. The molecule has 29 heavy (non-hydrogen) atoms. The van der Waals surface area contributed by atoms with E-state index in [2.05, 4.69) is 10.3 Å². The highest BCUT2D eigenvalue weighted by atomic mass is 32.2. The van der Waals surface area contributed by atoms with E-state index in [1.54, 1.807) is 27.9 Å². The van der Waals surface area contributed by atoms with Crippen LogP contribution in [-0.4, -0.2) is 65.2 Å². The fourth-order valence-corrected chi connectivity index (χ4v) is 5.99. The van der Waals surface area contributed by atoms with Crippen LogP contribution in [0, 0.1) is 6.92 Å². The van der Waals surface area contributed by atoms with Gasteiger partial charge in [-0.05, 0) is 31.0 Å². The summed E-state index contributed by atoms with van der Waals surface area (Å²) in [5.41, 5.74) is 2.62. The van der Waals surface area contributed by atoms with Gasteiger partial charge in [-0.3, -0.25) is 0 Å². The van der Waals surface area contributed by atoms with E-state index in [9.17, 15) is 13.2 Å². The molecule has 158 valence electrons. The summed E-state index contributed by atoms with van der Waals surface area (Å²) in [7, 11) is -1.69. The van der Waals surface area contributed by atoms with Crippen molar-refractivity contribution >= 4 is 28.1 Å². The van der Waals surface area contributed by atoms with Gasteiger partial charge in [-0.15, -0.1) is 5.10 Å². The van der Waals surface area contributed by atoms with Gasteiger partial charge in [-0.2, -0.15) is 16.1 Å². The third-order valence-electron chi connectivity index (χ3n) is 5.14. The molecule has 0 spiro atoms. The van der Waals surface area contributed by atoms with Gasteiger partial charge in [0.05, 0.1) is 31.3 Å². The first-order chi connectivity index (χ1) is 13.8. The molecule has 0 saturated carbocycles.